The quantitative estimate of drug-likeness (QED) is 0.876. The third-order valence-electron chi connectivity index (χ3n) is 3.45. The number of thiazole rings is 1. The van der Waals surface area contributed by atoms with E-state index >= 15 is 0 Å². The standard InChI is InChI=1S/C15H21N5OS/c1-10-9-22-15(18-10)3-4-17-14-7-12(19-11(2)20-14)13-8-21-6-5-16-13/h7,9,13,16H,3-6,8H2,1-2H3,(H,17,19,20). The Labute approximate surface area is 134 Å². The molecule has 1 saturated heterocycles. The first kappa shape index (κ1) is 15.3. The summed E-state index contributed by atoms with van der Waals surface area (Å²) in [5, 5.41) is 10.0. The Morgan fingerprint density at radius 3 is 3.00 bits per heavy atom. The number of nitrogens with one attached hydrogen (secondary N) is 2. The number of aryl methyl sites for hydroxylation is 2. The van der Waals surface area contributed by atoms with E-state index in [1.807, 2.05) is 19.9 Å². The van der Waals surface area contributed by atoms with Crippen molar-refractivity contribution in [3.8, 4) is 0 Å². The highest BCUT2D eigenvalue weighted by molar-refractivity contribution is 7.09. The van der Waals surface area contributed by atoms with Gasteiger partial charge in [0.15, 0.2) is 0 Å². The molecule has 118 valence electrons. The van der Waals surface area contributed by atoms with Crippen LogP contribution in [-0.2, 0) is 11.2 Å². The van der Waals surface area contributed by atoms with Gasteiger partial charge >= 0.3 is 0 Å². The first-order valence-electron chi connectivity index (χ1n) is 7.52. The van der Waals surface area contributed by atoms with Crippen LogP contribution in [0.15, 0.2) is 11.4 Å². The number of aromatic nitrogens is 3. The molecule has 0 amide bonds. The van der Waals surface area contributed by atoms with Crippen LogP contribution in [0.5, 0.6) is 0 Å². The van der Waals surface area contributed by atoms with Crippen molar-refractivity contribution < 1.29 is 4.74 Å². The lowest BCUT2D eigenvalue weighted by molar-refractivity contribution is 0.0755. The summed E-state index contributed by atoms with van der Waals surface area (Å²) in [7, 11) is 0. The molecule has 3 rings (SSSR count). The Bertz CT molecular complexity index is 624. The lowest BCUT2D eigenvalue weighted by atomic mass is 10.2. The van der Waals surface area contributed by atoms with Crippen LogP contribution in [0.2, 0.25) is 0 Å². The maximum Gasteiger partial charge on any atom is 0.129 e. The van der Waals surface area contributed by atoms with Gasteiger partial charge in [-0.05, 0) is 13.8 Å². The highest BCUT2D eigenvalue weighted by Crippen LogP contribution is 2.17. The zero-order valence-electron chi connectivity index (χ0n) is 12.9. The van der Waals surface area contributed by atoms with Crippen molar-refractivity contribution in [2.75, 3.05) is 31.6 Å². The van der Waals surface area contributed by atoms with Gasteiger partial charge in [-0.2, -0.15) is 0 Å². The van der Waals surface area contributed by atoms with E-state index in [4.69, 9.17) is 4.74 Å². The van der Waals surface area contributed by atoms with E-state index in [2.05, 4.69) is 31.0 Å². The molecular formula is C15H21N5OS. The molecule has 1 unspecified atom stereocenters. The number of anilines is 1. The van der Waals surface area contributed by atoms with E-state index < -0.39 is 0 Å². The third kappa shape index (κ3) is 4.00. The summed E-state index contributed by atoms with van der Waals surface area (Å²) in [6.07, 6.45) is 0.904. The number of morpholine rings is 1. The van der Waals surface area contributed by atoms with Crippen molar-refractivity contribution >= 4 is 17.2 Å². The summed E-state index contributed by atoms with van der Waals surface area (Å²) in [6.45, 7) is 7.04. The molecule has 3 heterocycles. The molecule has 0 bridgehead atoms. The van der Waals surface area contributed by atoms with Gasteiger partial charge < -0.3 is 15.4 Å². The summed E-state index contributed by atoms with van der Waals surface area (Å²) in [4.78, 5) is 13.5. The van der Waals surface area contributed by atoms with Crippen LogP contribution in [0.4, 0.5) is 5.82 Å². The van der Waals surface area contributed by atoms with Gasteiger partial charge in [0.2, 0.25) is 0 Å². The fraction of sp³-hybridized carbons (Fsp3) is 0.533. The van der Waals surface area contributed by atoms with Crippen LogP contribution in [0.3, 0.4) is 0 Å². The van der Waals surface area contributed by atoms with Crippen molar-refractivity contribution in [3.05, 3.63) is 33.7 Å². The van der Waals surface area contributed by atoms with Gasteiger partial charge in [0, 0.05) is 36.7 Å². The first-order valence-corrected chi connectivity index (χ1v) is 8.40. The smallest absolute Gasteiger partial charge is 0.129 e. The minimum absolute atomic E-state index is 0.151. The van der Waals surface area contributed by atoms with E-state index in [-0.39, 0.29) is 6.04 Å². The molecule has 22 heavy (non-hydrogen) atoms. The number of hydrogen-bond donors (Lipinski definition) is 2. The molecule has 2 aromatic rings. The second-order valence-electron chi connectivity index (χ2n) is 5.37. The maximum absolute atomic E-state index is 5.51. The predicted molar refractivity (Wildman–Crippen MR) is 87.4 cm³/mol. The highest BCUT2D eigenvalue weighted by atomic mass is 32.1. The topological polar surface area (TPSA) is 72.0 Å². The van der Waals surface area contributed by atoms with Crippen LogP contribution in [0, 0.1) is 13.8 Å². The predicted octanol–water partition coefficient (Wildman–Crippen LogP) is 1.87. The van der Waals surface area contributed by atoms with Gasteiger partial charge in [-0.15, -0.1) is 11.3 Å². The Morgan fingerprint density at radius 1 is 1.36 bits per heavy atom. The Morgan fingerprint density at radius 2 is 2.27 bits per heavy atom. The summed E-state index contributed by atoms with van der Waals surface area (Å²) >= 11 is 1.70. The van der Waals surface area contributed by atoms with E-state index in [9.17, 15) is 0 Å². The van der Waals surface area contributed by atoms with Crippen molar-refractivity contribution in [2.24, 2.45) is 0 Å². The molecule has 0 aliphatic carbocycles. The van der Waals surface area contributed by atoms with Crippen molar-refractivity contribution in [3.63, 3.8) is 0 Å². The lowest BCUT2D eigenvalue weighted by Gasteiger charge is -2.23. The molecule has 0 saturated carbocycles. The van der Waals surface area contributed by atoms with Gasteiger partial charge in [0.1, 0.15) is 11.6 Å². The van der Waals surface area contributed by atoms with E-state index in [1.54, 1.807) is 11.3 Å². The Hall–Kier alpha value is -1.57. The van der Waals surface area contributed by atoms with Crippen LogP contribution in [0.1, 0.15) is 28.3 Å². The third-order valence-corrected chi connectivity index (χ3v) is 4.47. The van der Waals surface area contributed by atoms with Crippen LogP contribution < -0.4 is 10.6 Å². The number of ether oxygens (including phenoxy) is 1. The molecule has 0 spiro atoms. The first-order chi connectivity index (χ1) is 10.7. The minimum Gasteiger partial charge on any atom is -0.378 e. The van der Waals surface area contributed by atoms with E-state index in [1.165, 1.54) is 0 Å². The van der Waals surface area contributed by atoms with E-state index in [0.29, 0.717) is 6.61 Å². The molecular weight excluding hydrogens is 298 g/mol. The highest BCUT2D eigenvalue weighted by Gasteiger charge is 2.17. The molecule has 1 fully saturated rings. The second-order valence-corrected chi connectivity index (χ2v) is 6.31. The average molecular weight is 319 g/mol. The molecule has 0 radical (unpaired) electrons. The number of nitrogens with zero attached hydrogens (tertiary/aromatic N) is 3. The molecule has 7 heteroatoms. The normalized spacial score (nSPS) is 18.4. The van der Waals surface area contributed by atoms with E-state index in [0.717, 1.165) is 54.2 Å². The van der Waals surface area contributed by atoms with Crippen molar-refractivity contribution in [2.45, 2.75) is 26.3 Å². The Kier molecular flexibility index (Phi) is 4.97. The monoisotopic (exact) mass is 319 g/mol. The van der Waals surface area contributed by atoms with Crippen LogP contribution >= 0.6 is 11.3 Å². The SMILES string of the molecule is Cc1csc(CCNc2cc(C3COCCN3)nc(C)n2)n1. The summed E-state index contributed by atoms with van der Waals surface area (Å²) < 4.78 is 5.51. The fourth-order valence-corrected chi connectivity index (χ4v) is 3.21. The summed E-state index contributed by atoms with van der Waals surface area (Å²) in [5.41, 5.74) is 2.07. The lowest BCUT2D eigenvalue weighted by Crippen LogP contribution is -2.35. The maximum atomic E-state index is 5.51. The molecule has 6 nitrogen and oxygen atoms in total. The molecule has 1 aliphatic heterocycles. The number of hydrogen-bond acceptors (Lipinski definition) is 7. The summed E-state index contributed by atoms with van der Waals surface area (Å²) in [5.74, 6) is 1.64. The van der Waals surface area contributed by atoms with Crippen LogP contribution in [-0.4, -0.2) is 41.3 Å². The Balaban J connectivity index is 1.61. The van der Waals surface area contributed by atoms with Gasteiger partial charge in [-0.3, -0.25) is 0 Å². The van der Waals surface area contributed by atoms with Crippen molar-refractivity contribution in [1.29, 1.82) is 0 Å². The molecule has 2 N–H and O–H groups in total. The summed E-state index contributed by atoms with van der Waals surface area (Å²) in [6, 6.07) is 2.16. The van der Waals surface area contributed by atoms with Gasteiger partial charge in [-0.1, -0.05) is 0 Å². The van der Waals surface area contributed by atoms with Crippen molar-refractivity contribution in [1.82, 2.24) is 20.3 Å². The fourth-order valence-electron chi connectivity index (χ4n) is 2.43. The number of rotatable bonds is 5. The second kappa shape index (κ2) is 7.13. The zero-order chi connectivity index (χ0) is 15.4. The van der Waals surface area contributed by atoms with Gasteiger partial charge in [-0.25, -0.2) is 15.0 Å². The average Bonchev–Trinajstić information content (AvgIpc) is 2.93. The molecule has 2 aromatic heterocycles. The van der Waals surface area contributed by atoms with Gasteiger partial charge in [0.25, 0.3) is 0 Å². The molecule has 1 aliphatic rings. The van der Waals surface area contributed by atoms with Crippen LogP contribution in [0.25, 0.3) is 0 Å². The zero-order valence-corrected chi connectivity index (χ0v) is 13.7. The van der Waals surface area contributed by atoms with Gasteiger partial charge in [0.05, 0.1) is 30.0 Å². The minimum atomic E-state index is 0.151. The largest absolute Gasteiger partial charge is 0.378 e. The molecule has 1 atom stereocenters. The molecule has 0 aromatic carbocycles.